The zero-order valence-corrected chi connectivity index (χ0v) is 27.7. The molecule has 4 N–H and O–H groups in total. The van der Waals surface area contributed by atoms with Crippen LogP contribution in [0.4, 0.5) is 0 Å². The van der Waals surface area contributed by atoms with E-state index in [9.17, 15) is 29.1 Å². The average molecular weight is 666 g/mol. The van der Waals surface area contributed by atoms with Crippen molar-refractivity contribution in [3.63, 3.8) is 0 Å². The largest absolute Gasteiger partial charge is 0.384 e. The molecule has 3 aliphatic rings. The van der Waals surface area contributed by atoms with E-state index < -0.39 is 52.6 Å². The van der Waals surface area contributed by atoms with E-state index in [0.29, 0.717) is 22.8 Å². The van der Waals surface area contributed by atoms with Crippen LogP contribution < -0.4 is 11.1 Å². The summed E-state index contributed by atoms with van der Waals surface area (Å²) in [6, 6.07) is 6.85. The number of aliphatic hydroxyl groups is 1. The minimum absolute atomic E-state index is 0.0131. The first-order valence-electron chi connectivity index (χ1n) is 16.2. The maximum absolute atomic E-state index is 14.5. The number of likely N-dealkylation sites (tertiary alicyclic amines) is 1. The number of ketones is 1. The van der Waals surface area contributed by atoms with Crippen LogP contribution in [0, 0.1) is 5.92 Å². The number of carbonyl (C=O) groups excluding carboxylic acids is 5. The third-order valence-corrected chi connectivity index (χ3v) is 10.5. The molecule has 2 atom stereocenters. The summed E-state index contributed by atoms with van der Waals surface area (Å²) < 4.78 is 1.52. The number of nitrogens with two attached hydrogens (primary N) is 1. The van der Waals surface area contributed by atoms with Crippen molar-refractivity contribution in [3.05, 3.63) is 47.8 Å². The van der Waals surface area contributed by atoms with E-state index in [-0.39, 0.29) is 43.9 Å². The SMILES string of the molecule is CC(C)(O)c1cnnn1[C@H]1C[C@@H](C(=O)NC2(C(=O)C(N)=O)CCSCC2)N(C(=O)C(CC2CCCCC2)=NC(=O)c2ccccc2)C1. The van der Waals surface area contributed by atoms with Crippen molar-refractivity contribution in [3.8, 4) is 0 Å². The lowest BCUT2D eigenvalue weighted by molar-refractivity contribution is -0.143. The third kappa shape index (κ3) is 7.81. The van der Waals surface area contributed by atoms with Crippen molar-refractivity contribution in [1.82, 2.24) is 25.2 Å². The molecule has 2 aliphatic heterocycles. The Labute approximate surface area is 278 Å². The van der Waals surface area contributed by atoms with Gasteiger partial charge in [-0.2, -0.15) is 11.8 Å². The molecule has 1 aliphatic carbocycles. The molecule has 47 heavy (non-hydrogen) atoms. The quantitative estimate of drug-likeness (QED) is 0.253. The van der Waals surface area contributed by atoms with E-state index in [1.54, 1.807) is 55.9 Å². The third-order valence-electron chi connectivity index (χ3n) is 9.47. The number of nitrogens with zero attached hydrogens (tertiary/aromatic N) is 5. The normalized spacial score (nSPS) is 22.1. The number of amides is 4. The van der Waals surface area contributed by atoms with Gasteiger partial charge < -0.3 is 21.1 Å². The smallest absolute Gasteiger partial charge is 0.287 e. The lowest BCUT2D eigenvalue weighted by atomic mass is 9.85. The fraction of sp³-hybridized carbons (Fsp3) is 0.576. The van der Waals surface area contributed by atoms with Gasteiger partial charge in [-0.05, 0) is 62.7 Å². The van der Waals surface area contributed by atoms with Gasteiger partial charge in [0.2, 0.25) is 11.7 Å². The van der Waals surface area contributed by atoms with Gasteiger partial charge >= 0.3 is 0 Å². The number of hydrogen-bond donors (Lipinski definition) is 3. The molecule has 5 rings (SSSR count). The van der Waals surface area contributed by atoms with Crippen molar-refractivity contribution in [2.45, 2.75) is 94.9 Å². The molecular formula is C33H43N7O6S. The molecule has 14 heteroatoms. The maximum atomic E-state index is 14.5. The number of hydrogen-bond acceptors (Lipinski definition) is 9. The minimum Gasteiger partial charge on any atom is -0.384 e. The highest BCUT2D eigenvalue weighted by Crippen LogP contribution is 2.34. The topological polar surface area (TPSA) is 190 Å². The first-order chi connectivity index (χ1) is 22.4. The number of nitrogens with one attached hydrogen (secondary N) is 1. The van der Waals surface area contributed by atoms with Crippen LogP contribution in [-0.4, -0.2) is 89.8 Å². The van der Waals surface area contributed by atoms with Gasteiger partial charge in [0, 0.05) is 18.5 Å². The molecule has 3 heterocycles. The summed E-state index contributed by atoms with van der Waals surface area (Å²) in [5, 5.41) is 21.8. The molecule has 0 bridgehead atoms. The molecule has 13 nitrogen and oxygen atoms in total. The number of Topliss-reactive ketones (excluding diaryl/α,β-unsaturated/α-hetero) is 1. The standard InChI is InChI=1S/C33H43N7O6S/c1-32(2,46)26-19-35-38-40(26)23-18-25(30(44)37-33(27(41)28(34)42)13-15-47-16-14-33)39(20-23)31(45)24(17-21-9-5-3-6-10-21)36-29(43)22-11-7-4-8-12-22/h4,7-8,11-12,19,21,23,25,46H,3,5-6,9-10,13-18,20H2,1-2H3,(H2,34,42)(H,37,44)/t23-,25-/m0/s1. The van der Waals surface area contributed by atoms with Gasteiger partial charge in [-0.1, -0.05) is 55.5 Å². The van der Waals surface area contributed by atoms with Crippen molar-refractivity contribution < 1.29 is 29.1 Å². The number of primary amides is 1. The van der Waals surface area contributed by atoms with Crippen molar-refractivity contribution in [1.29, 1.82) is 0 Å². The van der Waals surface area contributed by atoms with E-state index in [2.05, 4.69) is 20.6 Å². The van der Waals surface area contributed by atoms with Crippen molar-refractivity contribution in [2.24, 2.45) is 16.6 Å². The highest BCUT2D eigenvalue weighted by atomic mass is 32.2. The van der Waals surface area contributed by atoms with E-state index in [1.165, 1.54) is 15.8 Å². The summed E-state index contributed by atoms with van der Waals surface area (Å²) in [5.74, 6) is -2.46. The van der Waals surface area contributed by atoms with Crippen LogP contribution in [0.25, 0.3) is 0 Å². The molecule has 252 valence electrons. The summed E-state index contributed by atoms with van der Waals surface area (Å²) in [7, 11) is 0. The van der Waals surface area contributed by atoms with Crippen LogP contribution in [0.5, 0.6) is 0 Å². The Hall–Kier alpha value is -3.91. The predicted molar refractivity (Wildman–Crippen MR) is 175 cm³/mol. The van der Waals surface area contributed by atoms with E-state index in [4.69, 9.17) is 5.73 Å². The highest BCUT2D eigenvalue weighted by Gasteiger charge is 2.49. The zero-order valence-electron chi connectivity index (χ0n) is 26.9. The van der Waals surface area contributed by atoms with Crippen molar-refractivity contribution in [2.75, 3.05) is 18.1 Å². The summed E-state index contributed by atoms with van der Waals surface area (Å²) in [6.07, 6.45) is 7.23. The molecule has 3 fully saturated rings. The number of thioether (sulfide) groups is 1. The van der Waals surface area contributed by atoms with Crippen LogP contribution in [0.2, 0.25) is 0 Å². The summed E-state index contributed by atoms with van der Waals surface area (Å²) in [5.41, 5.74) is 3.44. The Kier molecular flexibility index (Phi) is 10.6. The Morgan fingerprint density at radius 1 is 1.09 bits per heavy atom. The molecular weight excluding hydrogens is 622 g/mol. The van der Waals surface area contributed by atoms with Gasteiger partial charge in [-0.25, -0.2) is 9.67 Å². The summed E-state index contributed by atoms with van der Waals surface area (Å²) in [6.45, 7) is 3.20. The second kappa shape index (κ2) is 14.5. The lowest BCUT2D eigenvalue weighted by Crippen LogP contribution is -2.63. The van der Waals surface area contributed by atoms with Gasteiger partial charge in [0.25, 0.3) is 17.7 Å². The molecule has 1 saturated carbocycles. The number of aromatic nitrogens is 3. The molecule has 4 amide bonds. The fourth-order valence-electron chi connectivity index (χ4n) is 6.88. The summed E-state index contributed by atoms with van der Waals surface area (Å²) in [4.78, 5) is 73.0. The zero-order chi connectivity index (χ0) is 33.8. The Bertz CT molecular complexity index is 1520. The molecule has 0 radical (unpaired) electrons. The highest BCUT2D eigenvalue weighted by molar-refractivity contribution is 7.99. The first kappa shape index (κ1) is 34.4. The van der Waals surface area contributed by atoms with E-state index in [1.807, 2.05) is 0 Å². The first-order valence-corrected chi connectivity index (χ1v) is 17.4. The molecule has 2 aromatic rings. The predicted octanol–water partition coefficient (Wildman–Crippen LogP) is 2.34. The van der Waals surface area contributed by atoms with Crippen LogP contribution in [-0.2, 0) is 24.8 Å². The maximum Gasteiger partial charge on any atom is 0.287 e. The molecule has 1 aromatic carbocycles. The second-order valence-electron chi connectivity index (χ2n) is 13.3. The molecule has 2 saturated heterocycles. The van der Waals surface area contributed by atoms with Gasteiger partial charge in [0.1, 0.15) is 22.9 Å². The van der Waals surface area contributed by atoms with Gasteiger partial charge in [0.15, 0.2) is 0 Å². The number of benzene rings is 1. The minimum atomic E-state index is -1.48. The number of rotatable bonds is 10. The Morgan fingerprint density at radius 2 is 1.77 bits per heavy atom. The molecule has 0 spiro atoms. The number of aliphatic imine (C=N–C) groups is 1. The van der Waals surface area contributed by atoms with Gasteiger partial charge in [-0.15, -0.1) is 5.10 Å². The Balaban J connectivity index is 1.51. The monoisotopic (exact) mass is 665 g/mol. The van der Waals surface area contributed by atoms with Gasteiger partial charge in [-0.3, -0.25) is 24.0 Å². The van der Waals surface area contributed by atoms with E-state index in [0.717, 1.165) is 32.1 Å². The molecule has 0 unspecified atom stereocenters. The number of carbonyl (C=O) groups is 5. The van der Waals surface area contributed by atoms with Gasteiger partial charge in [0.05, 0.1) is 17.9 Å². The van der Waals surface area contributed by atoms with E-state index >= 15 is 0 Å². The average Bonchev–Trinajstić information content (AvgIpc) is 3.73. The second-order valence-corrected chi connectivity index (χ2v) is 14.5. The fourth-order valence-corrected chi connectivity index (χ4v) is 8.07. The summed E-state index contributed by atoms with van der Waals surface area (Å²) >= 11 is 1.61. The van der Waals surface area contributed by atoms with Crippen LogP contribution in [0.1, 0.15) is 93.7 Å². The van der Waals surface area contributed by atoms with Crippen LogP contribution in [0.15, 0.2) is 41.5 Å². The lowest BCUT2D eigenvalue weighted by Gasteiger charge is -2.37. The van der Waals surface area contributed by atoms with Crippen molar-refractivity contribution >= 4 is 46.9 Å². The van der Waals surface area contributed by atoms with Crippen LogP contribution >= 0.6 is 11.8 Å². The Morgan fingerprint density at radius 3 is 2.40 bits per heavy atom. The van der Waals surface area contributed by atoms with Crippen LogP contribution in [0.3, 0.4) is 0 Å². The molecule has 1 aromatic heterocycles.